The van der Waals surface area contributed by atoms with Gasteiger partial charge in [0.1, 0.15) is 11.2 Å². The Bertz CT molecular complexity index is 3080. The van der Waals surface area contributed by atoms with Crippen molar-refractivity contribution < 1.29 is 4.42 Å². The van der Waals surface area contributed by atoms with Crippen molar-refractivity contribution in [3.8, 4) is 22.3 Å². The van der Waals surface area contributed by atoms with Gasteiger partial charge in [0.15, 0.2) is 8.07 Å². The highest BCUT2D eigenvalue weighted by Crippen LogP contribution is 2.45. The first-order chi connectivity index (χ1) is 27.8. The van der Waals surface area contributed by atoms with E-state index in [1.807, 2.05) is 0 Å². The molecule has 1 nitrogen and oxygen atoms in total. The fraction of sp³-hybridized carbons (Fsp3) is 0. The van der Waals surface area contributed by atoms with Gasteiger partial charge in [-0.3, -0.25) is 0 Å². The van der Waals surface area contributed by atoms with Crippen molar-refractivity contribution in [1.29, 1.82) is 0 Å². The maximum atomic E-state index is 6.80. The van der Waals surface area contributed by atoms with Crippen LogP contribution in [-0.2, 0) is 0 Å². The van der Waals surface area contributed by atoms with E-state index in [4.69, 9.17) is 4.42 Å². The summed E-state index contributed by atoms with van der Waals surface area (Å²) in [5, 5.41) is 15.1. The van der Waals surface area contributed by atoms with Crippen LogP contribution in [0.15, 0.2) is 223 Å². The van der Waals surface area contributed by atoms with Crippen LogP contribution in [0.4, 0.5) is 0 Å². The Labute approximate surface area is 326 Å². The molecular weight excluding hydrogens is 693 g/mol. The van der Waals surface area contributed by atoms with E-state index in [1.54, 1.807) is 0 Å². The molecular formula is C54H36OSi. The van der Waals surface area contributed by atoms with Gasteiger partial charge in [-0.1, -0.05) is 194 Å². The molecule has 0 saturated heterocycles. The van der Waals surface area contributed by atoms with Crippen molar-refractivity contribution in [3.05, 3.63) is 218 Å². The highest BCUT2D eigenvalue weighted by atomic mass is 28.3. The third-order valence-corrected chi connectivity index (χ3v) is 16.6. The quantitative estimate of drug-likeness (QED) is 0.0944. The van der Waals surface area contributed by atoms with Gasteiger partial charge in [-0.15, -0.1) is 0 Å². The fourth-order valence-electron chi connectivity index (χ4n) is 9.33. The van der Waals surface area contributed by atoms with Crippen LogP contribution in [0.1, 0.15) is 0 Å². The van der Waals surface area contributed by atoms with Crippen LogP contribution in [0, 0.1) is 0 Å². The topological polar surface area (TPSA) is 13.1 Å². The molecule has 0 saturated carbocycles. The zero-order valence-electron chi connectivity index (χ0n) is 30.7. The third-order valence-electron chi connectivity index (χ3n) is 11.8. The summed E-state index contributed by atoms with van der Waals surface area (Å²) in [4.78, 5) is 0. The van der Waals surface area contributed by atoms with Crippen LogP contribution in [0.25, 0.3) is 76.5 Å². The number of fused-ring (bicyclic) bond motifs is 6. The maximum Gasteiger partial charge on any atom is 0.179 e. The molecule has 56 heavy (non-hydrogen) atoms. The van der Waals surface area contributed by atoms with Crippen LogP contribution in [0.5, 0.6) is 0 Å². The van der Waals surface area contributed by atoms with Crippen LogP contribution < -0.4 is 20.7 Å². The Balaban J connectivity index is 1.13. The maximum absolute atomic E-state index is 6.80. The first-order valence-electron chi connectivity index (χ1n) is 19.3. The highest BCUT2D eigenvalue weighted by molar-refractivity contribution is 7.20. The molecule has 2 heteroatoms. The zero-order chi connectivity index (χ0) is 37.1. The average molecular weight is 729 g/mol. The summed E-state index contributed by atoms with van der Waals surface area (Å²) in [5.41, 5.74) is 6.75. The summed E-state index contributed by atoms with van der Waals surface area (Å²) >= 11 is 0. The zero-order valence-corrected chi connectivity index (χ0v) is 31.7. The lowest BCUT2D eigenvalue weighted by atomic mass is 9.85. The molecule has 0 aliphatic carbocycles. The molecule has 0 aliphatic heterocycles. The first-order valence-corrected chi connectivity index (χ1v) is 21.3. The Hall–Kier alpha value is -7.00. The van der Waals surface area contributed by atoms with E-state index < -0.39 is 8.07 Å². The Morgan fingerprint density at radius 2 is 0.732 bits per heavy atom. The minimum atomic E-state index is -2.70. The predicted octanol–water partition coefficient (Wildman–Crippen LogP) is 11.8. The van der Waals surface area contributed by atoms with E-state index in [1.165, 1.54) is 75.3 Å². The van der Waals surface area contributed by atoms with Gasteiger partial charge in [0.25, 0.3) is 0 Å². The minimum Gasteiger partial charge on any atom is -0.456 e. The van der Waals surface area contributed by atoms with Gasteiger partial charge in [0, 0.05) is 10.8 Å². The predicted molar refractivity (Wildman–Crippen MR) is 241 cm³/mol. The van der Waals surface area contributed by atoms with Crippen molar-refractivity contribution in [2.75, 3.05) is 0 Å². The lowest BCUT2D eigenvalue weighted by Gasteiger charge is -2.34. The van der Waals surface area contributed by atoms with Crippen LogP contribution in [0.3, 0.4) is 0 Å². The van der Waals surface area contributed by atoms with Crippen molar-refractivity contribution in [1.82, 2.24) is 0 Å². The van der Waals surface area contributed by atoms with Crippen LogP contribution in [-0.4, -0.2) is 8.07 Å². The summed E-state index contributed by atoms with van der Waals surface area (Å²) in [6.45, 7) is 0. The minimum absolute atomic E-state index is 0.897. The number of benzene rings is 10. The van der Waals surface area contributed by atoms with Gasteiger partial charge >= 0.3 is 0 Å². The molecule has 262 valence electrons. The Morgan fingerprint density at radius 3 is 1.29 bits per heavy atom. The Kier molecular flexibility index (Phi) is 7.58. The molecule has 0 fully saturated rings. The third kappa shape index (κ3) is 5.00. The second-order valence-corrected chi connectivity index (χ2v) is 18.6. The fourth-order valence-corrected chi connectivity index (χ4v) is 14.1. The van der Waals surface area contributed by atoms with Crippen molar-refractivity contribution in [2.24, 2.45) is 0 Å². The summed E-state index contributed by atoms with van der Waals surface area (Å²) in [6.07, 6.45) is 0. The number of hydrogen-bond acceptors (Lipinski definition) is 1. The van der Waals surface area contributed by atoms with Gasteiger partial charge in [-0.25, -0.2) is 0 Å². The van der Waals surface area contributed by atoms with Crippen molar-refractivity contribution in [2.45, 2.75) is 0 Å². The number of rotatable bonds is 6. The molecule has 0 amide bonds. The van der Waals surface area contributed by atoms with E-state index in [2.05, 4.69) is 218 Å². The molecule has 0 unspecified atom stereocenters. The molecule has 0 aliphatic rings. The molecule has 1 heterocycles. The molecule has 0 radical (unpaired) electrons. The molecule has 0 bridgehead atoms. The summed E-state index contributed by atoms with van der Waals surface area (Å²) in [5.74, 6) is 0. The number of furan rings is 1. The van der Waals surface area contributed by atoms with Gasteiger partial charge < -0.3 is 4.42 Å². The Morgan fingerprint density at radius 1 is 0.268 bits per heavy atom. The molecule has 11 aromatic rings. The summed E-state index contributed by atoms with van der Waals surface area (Å²) in [6, 6.07) is 80.3. The molecule has 0 atom stereocenters. The van der Waals surface area contributed by atoms with Gasteiger partial charge in [-0.05, 0) is 99.6 Å². The van der Waals surface area contributed by atoms with E-state index in [-0.39, 0.29) is 0 Å². The SMILES string of the molecule is c1ccc([Si](c2ccccc2)(c2ccccc2)c2ccc3c(c2)oc2ccc(-c4c5ccccc5c(-c5ccc6ccccc6c5)c5ccccc45)cc23)cc1. The summed E-state index contributed by atoms with van der Waals surface area (Å²) < 4.78 is 6.80. The average Bonchev–Trinajstić information content (AvgIpc) is 3.64. The molecule has 0 spiro atoms. The van der Waals surface area contributed by atoms with Crippen LogP contribution in [0.2, 0.25) is 0 Å². The van der Waals surface area contributed by atoms with E-state index in [9.17, 15) is 0 Å². The van der Waals surface area contributed by atoms with Crippen molar-refractivity contribution in [3.63, 3.8) is 0 Å². The molecule has 0 N–H and O–H groups in total. The standard InChI is InChI=1S/C54H36OSi/c1-4-18-41(19-5-1)56(42-20-6-2-7-21-42,43-22-8-3-9-23-43)44-31-32-45-50-35-40(30-33-51(50)55-52(45)36-44)54-48-26-14-12-24-46(48)53(47-25-13-15-27-49(47)54)39-29-28-37-16-10-11-17-38(37)34-39/h1-36H. The largest absolute Gasteiger partial charge is 0.456 e. The van der Waals surface area contributed by atoms with Gasteiger partial charge in [-0.2, -0.15) is 0 Å². The van der Waals surface area contributed by atoms with Crippen LogP contribution >= 0.6 is 0 Å². The lowest BCUT2D eigenvalue weighted by molar-refractivity contribution is 0.669. The first kappa shape index (κ1) is 32.4. The molecule has 10 aromatic carbocycles. The van der Waals surface area contributed by atoms with E-state index in [0.29, 0.717) is 0 Å². The lowest BCUT2D eigenvalue weighted by Crippen LogP contribution is -2.74. The highest BCUT2D eigenvalue weighted by Gasteiger charge is 2.41. The second-order valence-electron chi connectivity index (χ2n) is 14.8. The van der Waals surface area contributed by atoms with E-state index >= 15 is 0 Å². The second kappa shape index (κ2) is 13.1. The smallest absolute Gasteiger partial charge is 0.179 e. The van der Waals surface area contributed by atoms with Crippen molar-refractivity contribution >= 4 is 83.1 Å². The normalized spacial score (nSPS) is 11.9. The van der Waals surface area contributed by atoms with Gasteiger partial charge in [0.2, 0.25) is 0 Å². The monoisotopic (exact) mass is 728 g/mol. The number of hydrogen-bond donors (Lipinski definition) is 0. The van der Waals surface area contributed by atoms with Gasteiger partial charge in [0.05, 0.1) is 0 Å². The summed E-state index contributed by atoms with van der Waals surface area (Å²) in [7, 11) is -2.70. The molecule has 1 aromatic heterocycles. The van der Waals surface area contributed by atoms with E-state index in [0.717, 1.165) is 21.9 Å². The molecule has 11 rings (SSSR count).